The highest BCUT2D eigenvalue weighted by Crippen LogP contribution is 2.40. The van der Waals surface area contributed by atoms with Crippen LogP contribution in [0, 0.1) is 9.49 Å². The van der Waals surface area contributed by atoms with E-state index in [-0.39, 0.29) is 18.6 Å². The summed E-state index contributed by atoms with van der Waals surface area (Å²) in [5.41, 5.74) is 1.57. The third-order valence-corrected chi connectivity index (χ3v) is 4.94. The van der Waals surface area contributed by atoms with Crippen LogP contribution < -0.4 is 5.32 Å². The predicted molar refractivity (Wildman–Crippen MR) is 99.5 cm³/mol. The fourth-order valence-corrected chi connectivity index (χ4v) is 3.22. The summed E-state index contributed by atoms with van der Waals surface area (Å²) < 4.78 is 5.96. The lowest BCUT2D eigenvalue weighted by atomic mass is 10.0. The van der Waals surface area contributed by atoms with Crippen molar-refractivity contribution in [2.45, 2.75) is 18.9 Å². The van der Waals surface area contributed by atoms with Crippen LogP contribution in [0.15, 0.2) is 54.6 Å². The van der Waals surface area contributed by atoms with Gasteiger partial charge in [-0.15, -0.1) is 0 Å². The highest BCUT2D eigenvalue weighted by Gasteiger charge is 2.33. The number of rotatable bonds is 6. The standard InChI is InChI=1S/C19H18INO3/c20-16-9-5-4-8-15(16)19(23)24-12-17(22)21-18(14-10-11-14)13-6-2-1-3-7-13/h1-9,14,18H,10-12H2,(H,21,22). The minimum absolute atomic E-state index is 0.00531. The van der Waals surface area contributed by atoms with Crippen LogP contribution in [0.3, 0.4) is 0 Å². The summed E-state index contributed by atoms with van der Waals surface area (Å²) in [6, 6.07) is 17.1. The molecule has 1 atom stereocenters. The molecule has 0 aromatic heterocycles. The van der Waals surface area contributed by atoms with Crippen LogP contribution in [-0.4, -0.2) is 18.5 Å². The number of hydrogen-bond acceptors (Lipinski definition) is 3. The van der Waals surface area contributed by atoms with Gasteiger partial charge in [-0.25, -0.2) is 4.79 Å². The van der Waals surface area contributed by atoms with Crippen molar-refractivity contribution in [3.05, 3.63) is 69.3 Å². The van der Waals surface area contributed by atoms with Gasteiger partial charge in [0, 0.05) is 3.57 Å². The van der Waals surface area contributed by atoms with E-state index < -0.39 is 5.97 Å². The van der Waals surface area contributed by atoms with Crippen LogP contribution in [0.25, 0.3) is 0 Å². The third-order valence-electron chi connectivity index (χ3n) is 4.00. The summed E-state index contributed by atoms with van der Waals surface area (Å²) >= 11 is 2.08. The Morgan fingerprint density at radius 2 is 1.75 bits per heavy atom. The molecule has 4 nitrogen and oxygen atoms in total. The Balaban J connectivity index is 1.57. The zero-order valence-corrected chi connectivity index (χ0v) is 15.2. The van der Waals surface area contributed by atoms with Crippen molar-refractivity contribution in [1.82, 2.24) is 5.32 Å². The van der Waals surface area contributed by atoms with E-state index in [0.717, 1.165) is 22.0 Å². The first-order valence-electron chi connectivity index (χ1n) is 7.91. The summed E-state index contributed by atoms with van der Waals surface area (Å²) in [7, 11) is 0. The maximum Gasteiger partial charge on any atom is 0.339 e. The van der Waals surface area contributed by atoms with E-state index in [9.17, 15) is 9.59 Å². The van der Waals surface area contributed by atoms with Gasteiger partial charge in [0.15, 0.2) is 6.61 Å². The Kier molecular flexibility index (Phi) is 5.50. The highest BCUT2D eigenvalue weighted by molar-refractivity contribution is 14.1. The van der Waals surface area contributed by atoms with Gasteiger partial charge in [0.25, 0.3) is 5.91 Å². The lowest BCUT2D eigenvalue weighted by Gasteiger charge is -2.18. The average Bonchev–Trinajstić information content (AvgIpc) is 3.43. The number of carbonyl (C=O) groups is 2. The predicted octanol–water partition coefficient (Wildman–Crippen LogP) is 3.72. The number of ether oxygens (including phenoxy) is 1. The number of benzene rings is 2. The molecule has 24 heavy (non-hydrogen) atoms. The first-order chi connectivity index (χ1) is 11.6. The molecule has 1 saturated carbocycles. The normalized spacial score (nSPS) is 14.7. The fraction of sp³-hybridized carbons (Fsp3) is 0.263. The van der Waals surface area contributed by atoms with Crippen LogP contribution in [-0.2, 0) is 9.53 Å². The van der Waals surface area contributed by atoms with E-state index in [4.69, 9.17) is 4.74 Å². The van der Waals surface area contributed by atoms with Gasteiger partial charge in [0.2, 0.25) is 0 Å². The molecule has 0 aliphatic heterocycles. The van der Waals surface area contributed by atoms with Gasteiger partial charge in [0.05, 0.1) is 11.6 Å². The van der Waals surface area contributed by atoms with Gasteiger partial charge in [-0.1, -0.05) is 42.5 Å². The van der Waals surface area contributed by atoms with Gasteiger partial charge < -0.3 is 10.1 Å². The fourth-order valence-electron chi connectivity index (χ4n) is 2.61. The lowest BCUT2D eigenvalue weighted by Crippen LogP contribution is -2.33. The van der Waals surface area contributed by atoms with E-state index in [1.54, 1.807) is 12.1 Å². The minimum Gasteiger partial charge on any atom is -0.452 e. The molecule has 1 aliphatic carbocycles. The second kappa shape index (κ2) is 7.79. The number of amides is 1. The zero-order chi connectivity index (χ0) is 16.9. The molecule has 1 unspecified atom stereocenters. The quantitative estimate of drug-likeness (QED) is 0.556. The van der Waals surface area contributed by atoms with Gasteiger partial charge in [0.1, 0.15) is 0 Å². The second-order valence-electron chi connectivity index (χ2n) is 5.85. The molecule has 3 rings (SSSR count). The van der Waals surface area contributed by atoms with Crippen LogP contribution in [0.4, 0.5) is 0 Å². The largest absolute Gasteiger partial charge is 0.452 e. The van der Waals surface area contributed by atoms with Crippen LogP contribution in [0.5, 0.6) is 0 Å². The second-order valence-corrected chi connectivity index (χ2v) is 7.01. The number of nitrogens with one attached hydrogen (secondary N) is 1. The van der Waals surface area contributed by atoms with Gasteiger partial charge in [-0.05, 0) is 59.0 Å². The van der Waals surface area contributed by atoms with Crippen LogP contribution >= 0.6 is 22.6 Å². The molecule has 0 spiro atoms. The molecule has 1 fully saturated rings. The van der Waals surface area contributed by atoms with E-state index in [1.165, 1.54) is 0 Å². The monoisotopic (exact) mass is 435 g/mol. The third kappa shape index (κ3) is 4.35. The molecule has 2 aromatic carbocycles. The average molecular weight is 435 g/mol. The van der Waals surface area contributed by atoms with E-state index in [0.29, 0.717) is 11.5 Å². The Morgan fingerprint density at radius 1 is 1.08 bits per heavy atom. The van der Waals surface area contributed by atoms with E-state index in [1.807, 2.05) is 42.5 Å². The molecular weight excluding hydrogens is 417 g/mol. The number of halogens is 1. The Morgan fingerprint density at radius 3 is 2.42 bits per heavy atom. The highest BCUT2D eigenvalue weighted by atomic mass is 127. The van der Waals surface area contributed by atoms with Crippen molar-refractivity contribution in [1.29, 1.82) is 0 Å². The first kappa shape index (κ1) is 17.0. The molecule has 1 N–H and O–H groups in total. The smallest absolute Gasteiger partial charge is 0.339 e. The van der Waals surface area contributed by atoms with Crippen LogP contribution in [0.1, 0.15) is 34.8 Å². The van der Waals surface area contributed by atoms with Crippen molar-refractivity contribution in [2.75, 3.05) is 6.61 Å². The maximum absolute atomic E-state index is 12.2. The summed E-state index contributed by atoms with van der Waals surface area (Å²) in [5.74, 6) is -0.269. The van der Waals surface area contributed by atoms with Gasteiger partial charge >= 0.3 is 5.97 Å². The van der Waals surface area contributed by atoms with Crippen molar-refractivity contribution in [3.8, 4) is 0 Å². The zero-order valence-electron chi connectivity index (χ0n) is 13.1. The Hall–Kier alpha value is -1.89. The maximum atomic E-state index is 12.2. The summed E-state index contributed by atoms with van der Waals surface area (Å²) in [6.45, 7) is -0.264. The molecule has 2 aromatic rings. The van der Waals surface area contributed by atoms with Crippen molar-refractivity contribution in [3.63, 3.8) is 0 Å². The van der Waals surface area contributed by atoms with Crippen LogP contribution in [0.2, 0.25) is 0 Å². The molecular formula is C19H18INO3. The summed E-state index contributed by atoms with van der Waals surface area (Å²) in [6.07, 6.45) is 2.23. The number of hydrogen-bond donors (Lipinski definition) is 1. The molecule has 124 valence electrons. The molecule has 0 heterocycles. The van der Waals surface area contributed by atoms with Gasteiger partial charge in [-0.3, -0.25) is 4.79 Å². The minimum atomic E-state index is -0.474. The van der Waals surface area contributed by atoms with Crippen molar-refractivity contribution in [2.24, 2.45) is 5.92 Å². The molecule has 1 amide bonds. The number of carbonyl (C=O) groups excluding carboxylic acids is 2. The molecule has 0 radical (unpaired) electrons. The van der Waals surface area contributed by atoms with E-state index in [2.05, 4.69) is 27.9 Å². The van der Waals surface area contributed by atoms with E-state index >= 15 is 0 Å². The molecule has 0 bridgehead atoms. The van der Waals surface area contributed by atoms with Crippen molar-refractivity contribution < 1.29 is 14.3 Å². The number of esters is 1. The van der Waals surface area contributed by atoms with Crippen molar-refractivity contribution >= 4 is 34.5 Å². The lowest BCUT2D eigenvalue weighted by molar-refractivity contribution is -0.125. The topological polar surface area (TPSA) is 55.4 Å². The Labute approximate surface area is 154 Å². The molecule has 1 aliphatic rings. The SMILES string of the molecule is O=C(COC(=O)c1ccccc1I)NC(c1ccccc1)C1CC1. The molecule has 5 heteroatoms. The van der Waals surface area contributed by atoms with Gasteiger partial charge in [-0.2, -0.15) is 0 Å². The first-order valence-corrected chi connectivity index (χ1v) is 8.99. The Bertz CT molecular complexity index is 728. The molecule has 0 saturated heterocycles. The summed E-state index contributed by atoms with van der Waals surface area (Å²) in [4.78, 5) is 24.3. The summed E-state index contributed by atoms with van der Waals surface area (Å²) in [5, 5.41) is 3.00.